The van der Waals surface area contributed by atoms with Gasteiger partial charge in [-0.25, -0.2) is 4.98 Å². The van der Waals surface area contributed by atoms with E-state index in [0.717, 1.165) is 0 Å². The molecular formula is C10H8ClN3O. The number of hydrogen-bond acceptors (Lipinski definition) is 3. The maximum Gasteiger partial charge on any atom is 0.211 e. The van der Waals surface area contributed by atoms with E-state index in [9.17, 15) is 4.79 Å². The van der Waals surface area contributed by atoms with Gasteiger partial charge in [-0.3, -0.25) is 9.48 Å². The summed E-state index contributed by atoms with van der Waals surface area (Å²) in [7, 11) is 1.72. The highest BCUT2D eigenvalue weighted by Gasteiger charge is 2.12. The van der Waals surface area contributed by atoms with Crippen LogP contribution in [0.25, 0.3) is 0 Å². The number of pyridine rings is 1. The van der Waals surface area contributed by atoms with Crippen molar-refractivity contribution in [2.24, 2.45) is 7.05 Å². The van der Waals surface area contributed by atoms with E-state index in [-0.39, 0.29) is 5.78 Å². The first kappa shape index (κ1) is 9.86. The van der Waals surface area contributed by atoms with Gasteiger partial charge in [0.2, 0.25) is 5.78 Å². The van der Waals surface area contributed by atoms with E-state index in [1.54, 1.807) is 25.4 Å². The van der Waals surface area contributed by atoms with E-state index in [2.05, 4.69) is 10.1 Å². The molecule has 5 heteroatoms. The minimum atomic E-state index is -0.112. The average Bonchev–Trinajstić information content (AvgIpc) is 2.63. The summed E-state index contributed by atoms with van der Waals surface area (Å²) in [6.45, 7) is 0. The highest BCUT2D eigenvalue weighted by molar-refractivity contribution is 6.29. The standard InChI is InChI=1S/C10H8ClN3O/c1-14-8(3-5-13-14)10(15)7-2-4-12-9(11)6-7/h2-6H,1H3. The van der Waals surface area contributed by atoms with Crippen LogP contribution in [0.5, 0.6) is 0 Å². The number of ketones is 1. The Labute approximate surface area is 91.5 Å². The zero-order valence-electron chi connectivity index (χ0n) is 8.01. The number of rotatable bonds is 2. The molecule has 2 aromatic rings. The summed E-state index contributed by atoms with van der Waals surface area (Å²) in [5.74, 6) is -0.112. The summed E-state index contributed by atoms with van der Waals surface area (Å²) in [6, 6.07) is 4.83. The van der Waals surface area contributed by atoms with Crippen molar-refractivity contribution in [2.45, 2.75) is 0 Å². The van der Waals surface area contributed by atoms with Crippen molar-refractivity contribution in [3.63, 3.8) is 0 Å². The number of carbonyl (C=O) groups excluding carboxylic acids is 1. The van der Waals surface area contributed by atoms with Crippen molar-refractivity contribution in [2.75, 3.05) is 0 Å². The Hall–Kier alpha value is -1.68. The summed E-state index contributed by atoms with van der Waals surface area (Å²) in [5, 5.41) is 4.24. The van der Waals surface area contributed by atoms with Gasteiger partial charge in [0.25, 0.3) is 0 Å². The molecule has 0 N–H and O–H groups in total. The second-order valence-corrected chi connectivity index (χ2v) is 3.42. The van der Waals surface area contributed by atoms with Gasteiger partial charge in [-0.05, 0) is 18.2 Å². The first-order valence-corrected chi connectivity index (χ1v) is 4.70. The largest absolute Gasteiger partial charge is 0.287 e. The quantitative estimate of drug-likeness (QED) is 0.573. The van der Waals surface area contributed by atoms with Gasteiger partial charge in [0.1, 0.15) is 10.8 Å². The van der Waals surface area contributed by atoms with Crippen LogP contribution in [0.3, 0.4) is 0 Å². The lowest BCUT2D eigenvalue weighted by Crippen LogP contribution is -2.08. The smallest absolute Gasteiger partial charge is 0.211 e. The second kappa shape index (κ2) is 3.82. The van der Waals surface area contributed by atoms with Crippen LogP contribution in [-0.2, 0) is 7.05 Å². The van der Waals surface area contributed by atoms with Gasteiger partial charge in [0.05, 0.1) is 0 Å². The normalized spacial score (nSPS) is 10.3. The van der Waals surface area contributed by atoms with Gasteiger partial charge in [0, 0.05) is 25.0 Å². The topological polar surface area (TPSA) is 47.8 Å². The number of aryl methyl sites for hydroxylation is 1. The highest BCUT2D eigenvalue weighted by Crippen LogP contribution is 2.11. The van der Waals surface area contributed by atoms with Crippen LogP contribution in [0.4, 0.5) is 0 Å². The van der Waals surface area contributed by atoms with Crippen LogP contribution >= 0.6 is 11.6 Å². The fourth-order valence-electron chi connectivity index (χ4n) is 1.29. The van der Waals surface area contributed by atoms with Crippen molar-refractivity contribution < 1.29 is 4.79 Å². The van der Waals surface area contributed by atoms with Crippen molar-refractivity contribution in [3.8, 4) is 0 Å². The van der Waals surface area contributed by atoms with Crippen molar-refractivity contribution >= 4 is 17.4 Å². The molecule has 0 aliphatic rings. The molecule has 2 aromatic heterocycles. The zero-order valence-corrected chi connectivity index (χ0v) is 8.77. The van der Waals surface area contributed by atoms with Gasteiger partial charge >= 0.3 is 0 Å². The third-order valence-corrected chi connectivity index (χ3v) is 2.25. The van der Waals surface area contributed by atoms with Crippen LogP contribution in [0, 0.1) is 0 Å². The molecule has 76 valence electrons. The molecule has 0 radical (unpaired) electrons. The summed E-state index contributed by atoms with van der Waals surface area (Å²) >= 11 is 5.70. The molecule has 2 heterocycles. The first-order valence-electron chi connectivity index (χ1n) is 4.33. The highest BCUT2D eigenvalue weighted by atomic mass is 35.5. The molecule has 0 amide bonds. The second-order valence-electron chi connectivity index (χ2n) is 3.04. The van der Waals surface area contributed by atoms with Gasteiger partial charge in [-0.2, -0.15) is 5.10 Å². The molecule has 0 aromatic carbocycles. The first-order chi connectivity index (χ1) is 7.18. The molecule has 0 aliphatic heterocycles. The van der Waals surface area contributed by atoms with E-state index in [0.29, 0.717) is 16.4 Å². The predicted octanol–water partition coefficient (Wildman–Crippen LogP) is 1.70. The summed E-state index contributed by atoms with van der Waals surface area (Å²) < 4.78 is 1.52. The SMILES string of the molecule is Cn1nccc1C(=O)c1ccnc(Cl)c1. The summed E-state index contributed by atoms with van der Waals surface area (Å²) in [6.07, 6.45) is 3.09. The number of hydrogen-bond donors (Lipinski definition) is 0. The molecule has 4 nitrogen and oxygen atoms in total. The molecule has 0 spiro atoms. The lowest BCUT2D eigenvalue weighted by atomic mass is 10.1. The minimum Gasteiger partial charge on any atom is -0.287 e. The Morgan fingerprint density at radius 1 is 1.40 bits per heavy atom. The number of halogens is 1. The minimum absolute atomic E-state index is 0.112. The van der Waals surface area contributed by atoms with Crippen LogP contribution in [-0.4, -0.2) is 20.5 Å². The van der Waals surface area contributed by atoms with Crippen LogP contribution < -0.4 is 0 Å². The van der Waals surface area contributed by atoms with Crippen molar-refractivity contribution in [1.29, 1.82) is 0 Å². The monoisotopic (exact) mass is 221 g/mol. The van der Waals surface area contributed by atoms with E-state index in [4.69, 9.17) is 11.6 Å². The summed E-state index contributed by atoms with van der Waals surface area (Å²) in [4.78, 5) is 15.7. The van der Waals surface area contributed by atoms with Gasteiger partial charge < -0.3 is 0 Å². The van der Waals surface area contributed by atoms with Gasteiger partial charge in [-0.1, -0.05) is 11.6 Å². The number of aromatic nitrogens is 3. The van der Waals surface area contributed by atoms with Crippen LogP contribution in [0.2, 0.25) is 5.15 Å². The molecule has 2 rings (SSSR count). The fraction of sp³-hybridized carbons (Fsp3) is 0.100. The Kier molecular flexibility index (Phi) is 2.51. The molecule has 15 heavy (non-hydrogen) atoms. The zero-order chi connectivity index (χ0) is 10.8. The third-order valence-electron chi connectivity index (χ3n) is 2.04. The summed E-state index contributed by atoms with van der Waals surface area (Å²) in [5.41, 5.74) is 1.04. The van der Waals surface area contributed by atoms with Crippen LogP contribution in [0.15, 0.2) is 30.6 Å². The number of nitrogens with zero attached hydrogens (tertiary/aromatic N) is 3. The van der Waals surface area contributed by atoms with Crippen molar-refractivity contribution in [3.05, 3.63) is 47.0 Å². The lowest BCUT2D eigenvalue weighted by molar-refractivity contribution is 0.103. The Morgan fingerprint density at radius 3 is 2.80 bits per heavy atom. The molecule has 0 bridgehead atoms. The van der Waals surface area contributed by atoms with E-state index in [1.807, 2.05) is 0 Å². The Bertz CT molecular complexity index is 507. The average molecular weight is 222 g/mol. The maximum atomic E-state index is 11.9. The van der Waals surface area contributed by atoms with Gasteiger partial charge in [0.15, 0.2) is 0 Å². The van der Waals surface area contributed by atoms with Gasteiger partial charge in [-0.15, -0.1) is 0 Å². The molecular weight excluding hydrogens is 214 g/mol. The van der Waals surface area contributed by atoms with E-state index >= 15 is 0 Å². The Morgan fingerprint density at radius 2 is 2.20 bits per heavy atom. The molecule has 0 saturated carbocycles. The lowest BCUT2D eigenvalue weighted by Gasteiger charge is -2.01. The molecule has 0 unspecified atom stereocenters. The third kappa shape index (κ3) is 1.89. The molecule has 0 aliphatic carbocycles. The maximum absolute atomic E-state index is 11.9. The molecule has 0 fully saturated rings. The molecule has 0 atom stereocenters. The van der Waals surface area contributed by atoms with E-state index in [1.165, 1.54) is 16.9 Å². The predicted molar refractivity (Wildman–Crippen MR) is 55.9 cm³/mol. The molecule has 0 saturated heterocycles. The number of carbonyl (C=O) groups is 1. The fourth-order valence-corrected chi connectivity index (χ4v) is 1.46. The Balaban J connectivity index is 2.41. The van der Waals surface area contributed by atoms with Crippen molar-refractivity contribution in [1.82, 2.24) is 14.8 Å². The van der Waals surface area contributed by atoms with E-state index < -0.39 is 0 Å². The van der Waals surface area contributed by atoms with Crippen LogP contribution in [0.1, 0.15) is 16.1 Å².